The van der Waals surface area contributed by atoms with Crippen molar-refractivity contribution in [3.05, 3.63) is 52.6 Å². The van der Waals surface area contributed by atoms with Crippen LogP contribution in [0.2, 0.25) is 0 Å². The Morgan fingerprint density at radius 2 is 2.12 bits per heavy atom. The molecular weight excluding hydrogens is 284 g/mol. The van der Waals surface area contributed by atoms with Crippen molar-refractivity contribution >= 4 is 27.7 Å². The highest BCUT2D eigenvalue weighted by Crippen LogP contribution is 2.27. The second-order valence-electron chi connectivity index (χ2n) is 3.06. The lowest BCUT2D eigenvalue weighted by Crippen LogP contribution is -1.81. The molecule has 0 saturated heterocycles. The number of pyridine rings is 1. The Kier molecular flexibility index (Phi) is 3.60. The van der Waals surface area contributed by atoms with E-state index < -0.39 is 0 Å². The second kappa shape index (κ2) is 5.15. The molecule has 0 spiro atoms. The maximum atomic E-state index is 8.65. The van der Waals surface area contributed by atoms with Crippen LogP contribution >= 0.6 is 27.7 Å². The van der Waals surface area contributed by atoms with Gasteiger partial charge < -0.3 is 0 Å². The zero-order valence-corrected chi connectivity index (χ0v) is 10.6. The Morgan fingerprint density at radius 1 is 1.25 bits per heavy atom. The maximum Gasteiger partial charge on any atom is 0.101 e. The van der Waals surface area contributed by atoms with Gasteiger partial charge in [0, 0.05) is 15.6 Å². The molecule has 2 rings (SSSR count). The van der Waals surface area contributed by atoms with Crippen molar-refractivity contribution in [2.45, 2.75) is 9.92 Å². The Labute approximate surface area is 106 Å². The number of benzene rings is 1. The summed E-state index contributed by atoms with van der Waals surface area (Å²) in [6, 6.07) is 13.7. The number of halogens is 1. The summed E-state index contributed by atoms with van der Waals surface area (Å²) in [6.45, 7) is 0. The maximum absolute atomic E-state index is 8.65. The van der Waals surface area contributed by atoms with Gasteiger partial charge in [-0.15, -0.1) is 0 Å². The molecule has 0 aliphatic rings. The molecule has 0 atom stereocenters. The predicted molar refractivity (Wildman–Crippen MR) is 67.2 cm³/mol. The van der Waals surface area contributed by atoms with Crippen molar-refractivity contribution in [3.8, 4) is 6.07 Å². The van der Waals surface area contributed by atoms with E-state index in [9.17, 15) is 0 Å². The lowest BCUT2D eigenvalue weighted by Gasteiger charge is -2.00. The summed E-state index contributed by atoms with van der Waals surface area (Å²) >= 11 is 4.99. The minimum absolute atomic E-state index is 0.582. The fourth-order valence-corrected chi connectivity index (χ4v) is 2.52. The van der Waals surface area contributed by atoms with Gasteiger partial charge in [-0.3, -0.25) is 0 Å². The molecule has 0 bridgehead atoms. The first-order valence-corrected chi connectivity index (χ1v) is 6.18. The molecule has 4 heteroatoms. The minimum atomic E-state index is 0.582. The fraction of sp³-hybridized carbons (Fsp3) is 0. The molecule has 0 amide bonds. The second-order valence-corrected chi connectivity index (χ2v) is 5.07. The zero-order chi connectivity index (χ0) is 11.4. The number of nitriles is 1. The van der Waals surface area contributed by atoms with Crippen molar-refractivity contribution in [1.82, 2.24) is 4.98 Å². The first-order valence-electron chi connectivity index (χ1n) is 4.57. The molecule has 0 radical (unpaired) electrons. The number of nitrogens with zero attached hydrogens (tertiary/aromatic N) is 2. The number of hydrogen-bond acceptors (Lipinski definition) is 3. The SMILES string of the molecule is N#Cc1ccc(Sc2cccc(Br)c2)nc1. The third kappa shape index (κ3) is 2.84. The summed E-state index contributed by atoms with van der Waals surface area (Å²) in [5, 5.41) is 9.54. The first kappa shape index (κ1) is 11.2. The van der Waals surface area contributed by atoms with Crippen molar-refractivity contribution in [1.29, 1.82) is 5.26 Å². The average Bonchev–Trinajstić information content (AvgIpc) is 2.30. The lowest BCUT2D eigenvalue weighted by molar-refractivity contribution is 1.12. The summed E-state index contributed by atoms with van der Waals surface area (Å²) in [5.74, 6) is 0. The zero-order valence-electron chi connectivity index (χ0n) is 8.22. The van der Waals surface area contributed by atoms with Crippen LogP contribution < -0.4 is 0 Å². The molecule has 16 heavy (non-hydrogen) atoms. The van der Waals surface area contributed by atoms with Crippen LogP contribution in [-0.2, 0) is 0 Å². The molecule has 2 aromatic rings. The van der Waals surface area contributed by atoms with E-state index in [1.807, 2.05) is 36.4 Å². The van der Waals surface area contributed by atoms with Gasteiger partial charge in [0.15, 0.2) is 0 Å². The van der Waals surface area contributed by atoms with Crippen molar-refractivity contribution in [2.24, 2.45) is 0 Å². The van der Waals surface area contributed by atoms with E-state index >= 15 is 0 Å². The molecular formula is C12H7BrN2S. The quantitative estimate of drug-likeness (QED) is 0.842. The largest absolute Gasteiger partial charge is 0.248 e. The minimum Gasteiger partial charge on any atom is -0.248 e. The molecule has 0 aliphatic heterocycles. The number of aromatic nitrogens is 1. The summed E-state index contributed by atoms with van der Waals surface area (Å²) in [7, 11) is 0. The highest BCUT2D eigenvalue weighted by molar-refractivity contribution is 9.10. The van der Waals surface area contributed by atoms with Gasteiger partial charge in [0.2, 0.25) is 0 Å². The summed E-state index contributed by atoms with van der Waals surface area (Å²) in [4.78, 5) is 5.32. The Hall–Kier alpha value is -1.31. The molecule has 0 saturated carbocycles. The van der Waals surface area contributed by atoms with Gasteiger partial charge in [-0.1, -0.05) is 33.8 Å². The molecule has 2 nitrogen and oxygen atoms in total. The third-order valence-corrected chi connectivity index (χ3v) is 3.32. The average molecular weight is 291 g/mol. The topological polar surface area (TPSA) is 36.7 Å². The van der Waals surface area contributed by atoms with Gasteiger partial charge in [0.05, 0.1) is 5.56 Å². The van der Waals surface area contributed by atoms with Crippen LogP contribution in [0, 0.1) is 11.3 Å². The van der Waals surface area contributed by atoms with Crippen molar-refractivity contribution in [2.75, 3.05) is 0 Å². The van der Waals surface area contributed by atoms with E-state index in [0.29, 0.717) is 5.56 Å². The molecule has 1 heterocycles. The van der Waals surface area contributed by atoms with Crippen LogP contribution in [0.15, 0.2) is 57.0 Å². The van der Waals surface area contributed by atoms with E-state index in [0.717, 1.165) is 14.4 Å². The Morgan fingerprint density at radius 3 is 2.75 bits per heavy atom. The molecule has 0 aliphatic carbocycles. The normalized spacial score (nSPS) is 9.75. The lowest BCUT2D eigenvalue weighted by atomic mass is 10.3. The standard InChI is InChI=1S/C12H7BrN2S/c13-10-2-1-3-11(6-10)16-12-5-4-9(7-14)8-15-12/h1-6,8H. The summed E-state index contributed by atoms with van der Waals surface area (Å²) < 4.78 is 1.05. The summed E-state index contributed by atoms with van der Waals surface area (Å²) in [5.41, 5.74) is 0.582. The number of hydrogen-bond donors (Lipinski definition) is 0. The molecule has 1 aromatic heterocycles. The van der Waals surface area contributed by atoms with Gasteiger partial charge in [-0.2, -0.15) is 5.26 Å². The molecule has 0 N–H and O–H groups in total. The highest BCUT2D eigenvalue weighted by atomic mass is 79.9. The van der Waals surface area contributed by atoms with Gasteiger partial charge >= 0.3 is 0 Å². The van der Waals surface area contributed by atoms with Crippen LogP contribution in [0.4, 0.5) is 0 Å². The monoisotopic (exact) mass is 290 g/mol. The smallest absolute Gasteiger partial charge is 0.101 e. The number of rotatable bonds is 2. The van der Waals surface area contributed by atoms with Crippen LogP contribution in [-0.4, -0.2) is 4.98 Å². The van der Waals surface area contributed by atoms with Gasteiger partial charge in [-0.25, -0.2) is 4.98 Å². The van der Waals surface area contributed by atoms with Crippen molar-refractivity contribution in [3.63, 3.8) is 0 Å². The third-order valence-electron chi connectivity index (χ3n) is 1.88. The molecule has 1 aromatic carbocycles. The van der Waals surface area contributed by atoms with Crippen LogP contribution in [0.25, 0.3) is 0 Å². The van der Waals surface area contributed by atoms with Gasteiger partial charge in [-0.05, 0) is 30.3 Å². The predicted octanol–water partition coefficient (Wildman–Crippen LogP) is 3.87. The Balaban J connectivity index is 2.18. The van der Waals surface area contributed by atoms with E-state index in [1.54, 1.807) is 24.0 Å². The molecule has 78 valence electrons. The first-order chi connectivity index (χ1) is 7.78. The van der Waals surface area contributed by atoms with Crippen LogP contribution in [0.3, 0.4) is 0 Å². The van der Waals surface area contributed by atoms with Gasteiger partial charge in [0.25, 0.3) is 0 Å². The molecule has 0 unspecified atom stereocenters. The van der Waals surface area contributed by atoms with Crippen LogP contribution in [0.5, 0.6) is 0 Å². The summed E-state index contributed by atoms with van der Waals surface area (Å²) in [6.07, 6.45) is 1.58. The van der Waals surface area contributed by atoms with E-state index in [2.05, 4.69) is 20.9 Å². The van der Waals surface area contributed by atoms with E-state index in [1.165, 1.54) is 0 Å². The van der Waals surface area contributed by atoms with E-state index in [-0.39, 0.29) is 0 Å². The van der Waals surface area contributed by atoms with Crippen molar-refractivity contribution < 1.29 is 0 Å². The van der Waals surface area contributed by atoms with E-state index in [4.69, 9.17) is 5.26 Å². The fourth-order valence-electron chi connectivity index (χ4n) is 1.16. The van der Waals surface area contributed by atoms with Gasteiger partial charge in [0.1, 0.15) is 11.1 Å². The Bertz CT molecular complexity index is 531. The molecule has 0 fully saturated rings. The highest BCUT2D eigenvalue weighted by Gasteiger charge is 1.99. The van der Waals surface area contributed by atoms with Crippen LogP contribution in [0.1, 0.15) is 5.56 Å².